The van der Waals surface area contributed by atoms with E-state index >= 15 is 0 Å². The van der Waals surface area contributed by atoms with Crippen LogP contribution in [0.3, 0.4) is 0 Å². The van der Waals surface area contributed by atoms with Gasteiger partial charge in [-0.25, -0.2) is 9.07 Å². The Balaban J connectivity index is 1.36. The maximum Gasteiger partial charge on any atom is 0.573 e. The Morgan fingerprint density at radius 2 is 1.69 bits per heavy atom. The number of hydrogen-bond donors (Lipinski definition) is 0. The van der Waals surface area contributed by atoms with E-state index in [0.29, 0.717) is 23.8 Å². The molecular weight excluding hydrogens is 498 g/mol. The van der Waals surface area contributed by atoms with Crippen LogP contribution in [-0.2, 0) is 13.6 Å². The number of likely N-dealkylation sites (tertiary alicyclic amines) is 1. The molecule has 1 aliphatic heterocycles. The van der Waals surface area contributed by atoms with Crippen molar-refractivity contribution in [1.82, 2.24) is 14.3 Å². The second-order valence-electron chi connectivity index (χ2n) is 8.85. The van der Waals surface area contributed by atoms with Crippen molar-refractivity contribution < 1.29 is 22.3 Å². The maximum absolute atomic E-state index is 13.0. The maximum atomic E-state index is 13.0. The van der Waals surface area contributed by atoms with E-state index < -0.39 is 11.9 Å². The van der Waals surface area contributed by atoms with Crippen LogP contribution in [0, 0.1) is 11.7 Å². The average Bonchev–Trinajstić information content (AvgIpc) is 3.04. The normalized spacial score (nSPS) is 15.6. The van der Waals surface area contributed by atoms with Gasteiger partial charge in [-0.05, 0) is 80.2 Å². The van der Waals surface area contributed by atoms with Crippen molar-refractivity contribution in [1.29, 1.82) is 0 Å². The van der Waals surface area contributed by atoms with E-state index in [-0.39, 0.29) is 16.6 Å². The molecular formula is C26H26ClF4N3O2. The first-order chi connectivity index (χ1) is 17.1. The van der Waals surface area contributed by atoms with Crippen molar-refractivity contribution in [2.45, 2.75) is 32.2 Å². The van der Waals surface area contributed by atoms with Crippen molar-refractivity contribution in [3.8, 4) is 11.4 Å². The van der Waals surface area contributed by atoms with Crippen molar-refractivity contribution in [2.24, 2.45) is 13.0 Å². The molecule has 0 radical (unpaired) electrons. The van der Waals surface area contributed by atoms with Crippen LogP contribution in [0.1, 0.15) is 30.5 Å². The van der Waals surface area contributed by atoms with Crippen molar-refractivity contribution in [3.63, 3.8) is 0 Å². The standard InChI is InChI=1S/C26H26ClF4N3O2/c1-32-23(24(27)25(35)34(32)21-9-11-22(12-10-21)36-26(29,30)31)17-33-15-13-19(14-16-33)4-2-3-18-5-7-20(28)8-6-18/h2-3,5-12,19H,4,13-17H2,1H3/b3-2-. The van der Waals surface area contributed by atoms with Crippen LogP contribution in [0.15, 0.2) is 59.4 Å². The molecule has 10 heteroatoms. The number of rotatable bonds is 7. The lowest BCUT2D eigenvalue weighted by atomic mass is 9.93. The lowest BCUT2D eigenvalue weighted by molar-refractivity contribution is -0.274. The molecule has 0 bridgehead atoms. The van der Waals surface area contributed by atoms with E-state index in [4.69, 9.17) is 11.6 Å². The van der Waals surface area contributed by atoms with Crippen molar-refractivity contribution in [2.75, 3.05) is 13.1 Å². The molecule has 1 fully saturated rings. The smallest absolute Gasteiger partial charge is 0.406 e. The first-order valence-electron chi connectivity index (χ1n) is 11.6. The summed E-state index contributed by atoms with van der Waals surface area (Å²) in [5.74, 6) is -0.0737. The number of alkyl halides is 3. The molecule has 0 N–H and O–H groups in total. The van der Waals surface area contributed by atoms with E-state index in [1.165, 1.54) is 28.9 Å². The molecule has 2 aromatic carbocycles. The first-order valence-corrected chi connectivity index (χ1v) is 12.0. The highest BCUT2D eigenvalue weighted by Gasteiger charge is 2.31. The zero-order chi connectivity index (χ0) is 25.9. The molecule has 5 nitrogen and oxygen atoms in total. The van der Waals surface area contributed by atoms with E-state index in [9.17, 15) is 22.4 Å². The molecule has 192 valence electrons. The zero-order valence-corrected chi connectivity index (χ0v) is 20.4. The van der Waals surface area contributed by atoms with Crippen LogP contribution in [0.5, 0.6) is 5.75 Å². The van der Waals surface area contributed by atoms with Gasteiger partial charge >= 0.3 is 6.36 Å². The second kappa shape index (κ2) is 10.9. The molecule has 36 heavy (non-hydrogen) atoms. The highest BCUT2D eigenvalue weighted by molar-refractivity contribution is 6.31. The fourth-order valence-corrected chi connectivity index (χ4v) is 4.69. The highest BCUT2D eigenvalue weighted by atomic mass is 35.5. The molecule has 1 aromatic heterocycles. The van der Waals surface area contributed by atoms with Gasteiger partial charge in [0.15, 0.2) is 0 Å². The van der Waals surface area contributed by atoms with E-state index in [0.717, 1.165) is 50.0 Å². The quantitative estimate of drug-likeness (QED) is 0.347. The average molecular weight is 524 g/mol. The fourth-order valence-electron chi connectivity index (χ4n) is 4.43. The van der Waals surface area contributed by atoms with Gasteiger partial charge in [-0.15, -0.1) is 13.2 Å². The molecule has 3 aromatic rings. The van der Waals surface area contributed by atoms with Gasteiger partial charge in [0, 0.05) is 13.6 Å². The third-order valence-corrected chi connectivity index (χ3v) is 6.75. The molecule has 0 atom stereocenters. The Kier molecular flexibility index (Phi) is 7.90. The molecule has 0 aliphatic carbocycles. The monoisotopic (exact) mass is 523 g/mol. The first kappa shape index (κ1) is 26.0. The van der Waals surface area contributed by atoms with Gasteiger partial charge in [-0.3, -0.25) is 14.4 Å². The summed E-state index contributed by atoms with van der Waals surface area (Å²) in [5.41, 5.74) is 1.57. The number of ether oxygens (including phenoxy) is 1. The predicted octanol–water partition coefficient (Wildman–Crippen LogP) is 6.18. The summed E-state index contributed by atoms with van der Waals surface area (Å²) in [6.45, 7) is 2.20. The van der Waals surface area contributed by atoms with Gasteiger partial charge in [0.2, 0.25) is 0 Å². The largest absolute Gasteiger partial charge is 0.573 e. The minimum atomic E-state index is -4.79. The Morgan fingerprint density at radius 3 is 2.31 bits per heavy atom. The van der Waals surface area contributed by atoms with Crippen LogP contribution in [0.25, 0.3) is 11.8 Å². The van der Waals surface area contributed by atoms with E-state index in [1.807, 2.05) is 6.08 Å². The van der Waals surface area contributed by atoms with Crippen molar-refractivity contribution >= 4 is 17.7 Å². The Labute approximate surface area is 211 Å². The summed E-state index contributed by atoms with van der Waals surface area (Å²) in [4.78, 5) is 15.1. The zero-order valence-electron chi connectivity index (χ0n) is 19.6. The Hall–Kier alpha value is -3.04. The third-order valence-electron chi connectivity index (χ3n) is 6.37. The van der Waals surface area contributed by atoms with Gasteiger partial charge in [0.25, 0.3) is 5.56 Å². The summed E-state index contributed by atoms with van der Waals surface area (Å²) >= 11 is 6.39. The van der Waals surface area contributed by atoms with Crippen molar-refractivity contribution in [3.05, 3.63) is 87.1 Å². The SMILES string of the molecule is Cn1c(CN2CCC(C/C=C\c3ccc(F)cc3)CC2)c(Cl)c(=O)n1-c1ccc(OC(F)(F)F)cc1. The number of aromatic nitrogens is 2. The summed E-state index contributed by atoms with van der Waals surface area (Å²) in [7, 11) is 1.70. The van der Waals surface area contributed by atoms with Gasteiger partial charge in [-0.2, -0.15) is 0 Å². The summed E-state index contributed by atoms with van der Waals surface area (Å²) in [6, 6.07) is 11.5. The van der Waals surface area contributed by atoms with Crippen LogP contribution >= 0.6 is 11.6 Å². The number of hydrogen-bond acceptors (Lipinski definition) is 3. The van der Waals surface area contributed by atoms with Crippen LogP contribution in [0.2, 0.25) is 5.02 Å². The van der Waals surface area contributed by atoms with Gasteiger partial charge in [-0.1, -0.05) is 35.9 Å². The minimum Gasteiger partial charge on any atom is -0.406 e. The lowest BCUT2D eigenvalue weighted by Gasteiger charge is -2.31. The number of allylic oxidation sites excluding steroid dienone is 1. The minimum absolute atomic E-state index is 0.0949. The van der Waals surface area contributed by atoms with Gasteiger partial charge in [0.05, 0.1) is 11.4 Å². The van der Waals surface area contributed by atoms with Crippen LogP contribution in [0.4, 0.5) is 17.6 Å². The fraction of sp³-hybridized carbons (Fsp3) is 0.346. The highest BCUT2D eigenvalue weighted by Crippen LogP contribution is 2.26. The molecule has 2 heterocycles. The molecule has 0 unspecified atom stereocenters. The van der Waals surface area contributed by atoms with E-state index in [1.54, 1.807) is 23.9 Å². The van der Waals surface area contributed by atoms with E-state index in [2.05, 4.69) is 15.7 Å². The number of nitrogens with zero attached hydrogens (tertiary/aromatic N) is 3. The molecule has 1 saturated heterocycles. The second-order valence-corrected chi connectivity index (χ2v) is 9.23. The Bertz CT molecular complexity index is 1260. The number of halogens is 5. The lowest BCUT2D eigenvalue weighted by Crippen LogP contribution is -2.34. The molecule has 1 aliphatic rings. The van der Waals surface area contributed by atoms with Crippen LogP contribution in [-0.4, -0.2) is 33.7 Å². The van der Waals surface area contributed by atoms with Gasteiger partial charge < -0.3 is 4.74 Å². The van der Waals surface area contributed by atoms with Crippen LogP contribution < -0.4 is 10.3 Å². The molecule has 0 amide bonds. The molecule has 0 spiro atoms. The topological polar surface area (TPSA) is 39.4 Å². The third kappa shape index (κ3) is 6.39. The number of benzene rings is 2. The Morgan fingerprint density at radius 1 is 1.06 bits per heavy atom. The summed E-state index contributed by atoms with van der Waals surface area (Å²) in [6.07, 6.45) is 2.29. The predicted molar refractivity (Wildman–Crippen MR) is 131 cm³/mol. The van der Waals surface area contributed by atoms with Gasteiger partial charge in [0.1, 0.15) is 16.6 Å². The molecule has 0 saturated carbocycles. The summed E-state index contributed by atoms with van der Waals surface area (Å²) in [5, 5.41) is 0.0949. The molecule has 4 rings (SSSR count). The summed E-state index contributed by atoms with van der Waals surface area (Å²) < 4.78 is 57.2. The number of piperidine rings is 1.